The highest BCUT2D eigenvalue weighted by Gasteiger charge is 2.32. The topological polar surface area (TPSA) is 127 Å². The van der Waals surface area contributed by atoms with E-state index in [0.29, 0.717) is 5.56 Å². The second kappa shape index (κ2) is 9.69. The summed E-state index contributed by atoms with van der Waals surface area (Å²) in [6.45, 7) is 0.773. The lowest BCUT2D eigenvalue weighted by Crippen LogP contribution is -2.33. The molecule has 2 heterocycles. The molecule has 8 nitrogen and oxygen atoms in total. The van der Waals surface area contributed by atoms with Crippen LogP contribution in [0.15, 0.2) is 48.7 Å². The van der Waals surface area contributed by atoms with E-state index in [1.165, 1.54) is 29.9 Å². The first-order valence-electron chi connectivity index (χ1n) is 9.17. The van der Waals surface area contributed by atoms with Gasteiger partial charge in [-0.15, -0.1) is 0 Å². The highest BCUT2D eigenvalue weighted by molar-refractivity contribution is 14.1. The number of aromatic hydroxyl groups is 1. The number of carbonyl (C=O) groups is 2. The Morgan fingerprint density at radius 1 is 1.37 bits per heavy atom. The number of ketones is 1. The van der Waals surface area contributed by atoms with Crippen LogP contribution in [0.4, 0.5) is 5.69 Å². The van der Waals surface area contributed by atoms with Gasteiger partial charge in [0.1, 0.15) is 17.5 Å². The average Bonchev–Trinajstić information content (AvgIpc) is 3.19. The van der Waals surface area contributed by atoms with E-state index in [1.54, 1.807) is 12.1 Å². The summed E-state index contributed by atoms with van der Waals surface area (Å²) in [6.07, 6.45) is 5.57. The van der Waals surface area contributed by atoms with Crippen LogP contribution in [0.1, 0.15) is 32.8 Å². The van der Waals surface area contributed by atoms with Crippen LogP contribution in [0.25, 0.3) is 0 Å². The zero-order valence-electron chi connectivity index (χ0n) is 15.8. The quantitative estimate of drug-likeness (QED) is 0.134. The molecule has 9 heteroatoms. The van der Waals surface area contributed by atoms with E-state index in [0.717, 1.165) is 23.1 Å². The van der Waals surface area contributed by atoms with Gasteiger partial charge in [-0.05, 0) is 36.8 Å². The summed E-state index contributed by atoms with van der Waals surface area (Å²) in [5.41, 5.74) is 2.94. The molecule has 2 atom stereocenters. The number of carbonyl (C=O) groups excluding carboxylic acids is 2. The van der Waals surface area contributed by atoms with E-state index >= 15 is 0 Å². The molecule has 3 rings (SSSR count). The molecule has 1 aromatic carbocycles. The molecule has 0 aliphatic carbocycles. The molecule has 0 saturated carbocycles. The number of hydroxylamine groups is 1. The Bertz CT molecular complexity index is 1020. The van der Waals surface area contributed by atoms with E-state index < -0.39 is 5.91 Å². The molecule has 154 valence electrons. The van der Waals surface area contributed by atoms with Crippen LogP contribution < -0.4 is 10.4 Å². The van der Waals surface area contributed by atoms with E-state index in [-0.39, 0.29) is 34.7 Å². The molecule has 3 N–H and O–H groups in total. The molecule has 1 aromatic heterocycles. The fourth-order valence-corrected chi connectivity index (χ4v) is 4.58. The van der Waals surface area contributed by atoms with Crippen molar-refractivity contribution in [3.8, 4) is 11.8 Å². The summed E-state index contributed by atoms with van der Waals surface area (Å²) >= 11 is 2.31. The fourth-order valence-electron chi connectivity index (χ4n) is 3.45. The van der Waals surface area contributed by atoms with Crippen molar-refractivity contribution >= 4 is 40.0 Å². The molecule has 0 radical (unpaired) electrons. The largest absolute Gasteiger partial charge is 0.506 e. The molecule has 1 amide bonds. The number of benzene rings is 1. The number of rotatable bonds is 6. The lowest BCUT2D eigenvalue weighted by molar-refractivity contribution is 0.0700. The van der Waals surface area contributed by atoms with Crippen molar-refractivity contribution in [2.75, 3.05) is 15.9 Å². The summed E-state index contributed by atoms with van der Waals surface area (Å²) in [5.74, 6) is -0.854. The van der Waals surface area contributed by atoms with Crippen molar-refractivity contribution in [2.45, 2.75) is 12.5 Å². The van der Waals surface area contributed by atoms with E-state index in [9.17, 15) is 14.7 Å². The molecule has 2 aromatic rings. The van der Waals surface area contributed by atoms with Crippen molar-refractivity contribution in [3.63, 3.8) is 0 Å². The number of pyridine rings is 1. The Hall–Kier alpha value is -2.97. The number of amides is 1. The van der Waals surface area contributed by atoms with Gasteiger partial charge in [0.05, 0.1) is 5.56 Å². The lowest BCUT2D eigenvalue weighted by atomic mass is 9.99. The first kappa shape index (κ1) is 21.7. The molecule has 1 aliphatic rings. The zero-order chi connectivity index (χ0) is 21.7. The summed E-state index contributed by atoms with van der Waals surface area (Å²) in [6, 6.07) is 9.99. The van der Waals surface area contributed by atoms with Crippen LogP contribution in [-0.2, 0) is 0 Å². The summed E-state index contributed by atoms with van der Waals surface area (Å²) in [4.78, 5) is 29.8. The number of phenols is 1. The van der Waals surface area contributed by atoms with E-state index in [2.05, 4.69) is 32.5 Å². The number of hydrogen-bond acceptors (Lipinski definition) is 7. The van der Waals surface area contributed by atoms with Crippen molar-refractivity contribution in [2.24, 2.45) is 5.92 Å². The number of nitriles is 1. The summed E-state index contributed by atoms with van der Waals surface area (Å²) in [5, 5.41) is 27.6. The van der Waals surface area contributed by atoms with Gasteiger partial charge in [0.2, 0.25) is 0 Å². The van der Waals surface area contributed by atoms with Gasteiger partial charge in [-0.1, -0.05) is 28.7 Å². The highest BCUT2D eigenvalue weighted by atomic mass is 127. The Morgan fingerprint density at radius 2 is 2.17 bits per heavy atom. The monoisotopic (exact) mass is 518 g/mol. The van der Waals surface area contributed by atoms with E-state index in [4.69, 9.17) is 10.5 Å². The van der Waals surface area contributed by atoms with Crippen molar-refractivity contribution < 1.29 is 19.9 Å². The van der Waals surface area contributed by atoms with E-state index in [1.807, 2.05) is 18.2 Å². The minimum atomic E-state index is -0.741. The number of halogens is 1. The van der Waals surface area contributed by atoms with Gasteiger partial charge in [0.15, 0.2) is 5.78 Å². The summed E-state index contributed by atoms with van der Waals surface area (Å²) in [7, 11) is 0. The van der Waals surface area contributed by atoms with Gasteiger partial charge < -0.3 is 10.0 Å². The molecule has 1 unspecified atom stereocenters. The van der Waals surface area contributed by atoms with Gasteiger partial charge in [0.25, 0.3) is 5.91 Å². The molecule has 0 bridgehead atoms. The highest BCUT2D eigenvalue weighted by Crippen LogP contribution is 2.34. The number of allylic oxidation sites excluding steroid dienone is 1. The number of alkyl halides is 1. The van der Waals surface area contributed by atoms with Gasteiger partial charge >= 0.3 is 0 Å². The number of phenolic OH excluding ortho intramolecular Hbond substituents is 1. The van der Waals surface area contributed by atoms with Gasteiger partial charge in [-0.3, -0.25) is 19.8 Å². The first-order chi connectivity index (χ1) is 14.5. The third kappa shape index (κ3) is 4.60. The first-order valence-corrected chi connectivity index (χ1v) is 10.7. The maximum atomic E-state index is 12.5. The Labute approximate surface area is 186 Å². The molecular formula is C21H19IN4O4. The normalized spacial score (nSPS) is 18.4. The van der Waals surface area contributed by atoms with Gasteiger partial charge in [0, 0.05) is 46.4 Å². The molecular weight excluding hydrogens is 499 g/mol. The van der Waals surface area contributed by atoms with Gasteiger partial charge in [-0.2, -0.15) is 5.26 Å². The summed E-state index contributed by atoms with van der Waals surface area (Å²) < 4.78 is 0.828. The van der Waals surface area contributed by atoms with Crippen molar-refractivity contribution in [1.82, 2.24) is 10.5 Å². The molecule has 1 saturated heterocycles. The van der Waals surface area contributed by atoms with Crippen LogP contribution in [0.3, 0.4) is 0 Å². The second-order valence-electron chi connectivity index (χ2n) is 6.78. The van der Waals surface area contributed by atoms with Crippen molar-refractivity contribution in [3.05, 3.63) is 65.5 Å². The van der Waals surface area contributed by atoms with Crippen LogP contribution in [-0.4, -0.2) is 44.0 Å². The predicted octanol–water partition coefficient (Wildman–Crippen LogP) is 2.85. The third-order valence-electron chi connectivity index (χ3n) is 5.07. The number of anilines is 1. The number of aromatic nitrogens is 1. The minimum Gasteiger partial charge on any atom is -0.506 e. The molecule has 1 fully saturated rings. The maximum absolute atomic E-state index is 12.5. The van der Waals surface area contributed by atoms with Crippen LogP contribution in [0.2, 0.25) is 0 Å². The molecule has 30 heavy (non-hydrogen) atoms. The molecule has 0 spiro atoms. The third-order valence-corrected chi connectivity index (χ3v) is 5.97. The number of nitrogens with one attached hydrogen (secondary N) is 1. The minimum absolute atomic E-state index is 0.0140. The fraction of sp³-hybridized carbons (Fsp3) is 0.238. The Morgan fingerprint density at radius 3 is 2.77 bits per heavy atom. The smallest absolute Gasteiger partial charge is 0.293 e. The Balaban J connectivity index is 1.71. The SMILES string of the molecule is N#Cc1ccc(N2CCC(/C=C/C(=O)c3ccc(C(=O)NO)nc3)[C@@H]2CI)cc1O. The zero-order valence-corrected chi connectivity index (χ0v) is 18.0. The predicted molar refractivity (Wildman–Crippen MR) is 118 cm³/mol. The van der Waals surface area contributed by atoms with Crippen molar-refractivity contribution in [1.29, 1.82) is 5.26 Å². The van der Waals surface area contributed by atoms with Gasteiger partial charge in [-0.25, -0.2) is 5.48 Å². The number of hydrogen-bond donors (Lipinski definition) is 3. The Kier molecular flexibility index (Phi) is 7.02. The van der Waals surface area contributed by atoms with Crippen LogP contribution in [0.5, 0.6) is 5.75 Å². The second-order valence-corrected chi connectivity index (χ2v) is 7.66. The standard InChI is InChI=1S/C21H19IN4O4/c22-10-18-13(7-8-26(18)16-4-1-14(11-23)20(28)9-16)3-6-19(27)15-2-5-17(24-12-15)21(29)25-30/h1-6,9,12-13,18,28,30H,7-8,10H2,(H,25,29)/b6-3+/t13?,18-/m0/s1. The number of nitrogens with zero attached hydrogens (tertiary/aromatic N) is 3. The molecule has 1 aliphatic heterocycles. The van der Waals surface area contributed by atoms with Crippen LogP contribution in [0, 0.1) is 17.2 Å². The lowest BCUT2D eigenvalue weighted by Gasteiger charge is -2.27. The van der Waals surface area contributed by atoms with Crippen LogP contribution >= 0.6 is 22.6 Å². The average molecular weight is 518 g/mol. The maximum Gasteiger partial charge on any atom is 0.293 e.